The van der Waals surface area contributed by atoms with Gasteiger partial charge in [-0.15, -0.1) is 21.5 Å². The van der Waals surface area contributed by atoms with Gasteiger partial charge in [0, 0.05) is 13.5 Å². The number of nitrogens with zero attached hydrogens (tertiary/aromatic N) is 4. The van der Waals surface area contributed by atoms with E-state index in [2.05, 4.69) is 32.3 Å². The van der Waals surface area contributed by atoms with Crippen LogP contribution in [-0.4, -0.2) is 24.7 Å². The van der Waals surface area contributed by atoms with Crippen molar-refractivity contribution in [2.24, 2.45) is 7.05 Å². The van der Waals surface area contributed by atoms with Gasteiger partial charge < -0.3 is 9.55 Å². The molecule has 1 aromatic carbocycles. The molecule has 4 aromatic rings. The number of H-pyrrole nitrogens is 1. The van der Waals surface area contributed by atoms with E-state index in [1.54, 1.807) is 0 Å². The van der Waals surface area contributed by atoms with Crippen LogP contribution in [0.3, 0.4) is 0 Å². The van der Waals surface area contributed by atoms with Crippen LogP contribution in [0.1, 0.15) is 17.2 Å². The second kappa shape index (κ2) is 6.81. The molecule has 6 nitrogen and oxygen atoms in total. The first-order valence-electron chi connectivity index (χ1n) is 7.72. The van der Waals surface area contributed by atoms with Crippen molar-refractivity contribution in [1.82, 2.24) is 24.7 Å². The summed E-state index contributed by atoms with van der Waals surface area (Å²) in [6.07, 6.45) is 0.737. The molecule has 0 unspecified atom stereocenters. The van der Waals surface area contributed by atoms with E-state index in [0.29, 0.717) is 16.3 Å². The highest BCUT2D eigenvalue weighted by atomic mass is 32.2. The van der Waals surface area contributed by atoms with Gasteiger partial charge in [0.1, 0.15) is 16.3 Å². The van der Waals surface area contributed by atoms with Gasteiger partial charge in [-0.05, 0) is 17.0 Å². The van der Waals surface area contributed by atoms with Gasteiger partial charge in [0.15, 0.2) is 5.16 Å². The normalized spacial score (nSPS) is 11.2. The van der Waals surface area contributed by atoms with Crippen molar-refractivity contribution in [3.05, 3.63) is 69.3 Å². The summed E-state index contributed by atoms with van der Waals surface area (Å²) in [6, 6.07) is 12.1. The van der Waals surface area contributed by atoms with Crippen LogP contribution in [0.5, 0.6) is 0 Å². The minimum Gasteiger partial charge on any atom is -0.309 e. The van der Waals surface area contributed by atoms with Crippen molar-refractivity contribution in [2.75, 3.05) is 0 Å². The van der Waals surface area contributed by atoms with Gasteiger partial charge in [-0.25, -0.2) is 4.98 Å². The quantitative estimate of drug-likeness (QED) is 0.547. The summed E-state index contributed by atoms with van der Waals surface area (Å²) in [5.41, 5.74) is 1.86. The molecule has 0 spiro atoms. The number of thiophene rings is 1. The van der Waals surface area contributed by atoms with Gasteiger partial charge in [0.25, 0.3) is 5.56 Å². The molecule has 0 saturated heterocycles. The molecule has 0 radical (unpaired) electrons. The molecule has 126 valence electrons. The van der Waals surface area contributed by atoms with Crippen LogP contribution in [0.4, 0.5) is 0 Å². The fourth-order valence-corrected chi connectivity index (χ4v) is 4.05. The molecule has 0 aliphatic carbocycles. The maximum Gasteiger partial charge on any atom is 0.268 e. The van der Waals surface area contributed by atoms with E-state index in [9.17, 15) is 4.79 Å². The van der Waals surface area contributed by atoms with Crippen molar-refractivity contribution in [1.29, 1.82) is 0 Å². The largest absolute Gasteiger partial charge is 0.309 e. The summed E-state index contributed by atoms with van der Waals surface area (Å²) in [4.78, 5) is 19.3. The number of aromatic nitrogens is 5. The summed E-state index contributed by atoms with van der Waals surface area (Å²) >= 11 is 2.92. The van der Waals surface area contributed by atoms with Gasteiger partial charge in [-0.1, -0.05) is 42.1 Å². The SMILES string of the molecule is Cn1c(Cc2ccccc2)nnc1SCc1nc2ccsc2c(=O)[nH]1. The van der Waals surface area contributed by atoms with Crippen LogP contribution >= 0.6 is 23.1 Å². The molecule has 1 N–H and O–H groups in total. The van der Waals surface area contributed by atoms with E-state index < -0.39 is 0 Å². The predicted molar refractivity (Wildman–Crippen MR) is 100 cm³/mol. The van der Waals surface area contributed by atoms with Gasteiger partial charge >= 0.3 is 0 Å². The number of hydrogen-bond acceptors (Lipinski definition) is 6. The highest BCUT2D eigenvalue weighted by Crippen LogP contribution is 2.21. The molecule has 8 heteroatoms. The smallest absolute Gasteiger partial charge is 0.268 e. The van der Waals surface area contributed by atoms with E-state index >= 15 is 0 Å². The number of benzene rings is 1. The molecule has 3 heterocycles. The van der Waals surface area contributed by atoms with E-state index in [0.717, 1.165) is 22.9 Å². The molecule has 0 fully saturated rings. The zero-order valence-electron chi connectivity index (χ0n) is 13.5. The van der Waals surface area contributed by atoms with E-state index in [1.807, 2.05) is 41.3 Å². The van der Waals surface area contributed by atoms with Gasteiger partial charge in [-0.2, -0.15) is 0 Å². The zero-order valence-corrected chi connectivity index (χ0v) is 15.1. The van der Waals surface area contributed by atoms with Crippen LogP contribution in [0.15, 0.2) is 51.7 Å². The Labute approximate surface area is 152 Å². The Bertz CT molecular complexity index is 1070. The predicted octanol–water partition coefficient (Wildman–Crippen LogP) is 3.00. The Hall–Kier alpha value is -2.45. The summed E-state index contributed by atoms with van der Waals surface area (Å²) in [6.45, 7) is 0. The van der Waals surface area contributed by atoms with Crippen molar-refractivity contribution >= 4 is 33.3 Å². The number of aromatic amines is 1. The third kappa shape index (κ3) is 3.35. The average molecular weight is 369 g/mol. The first kappa shape index (κ1) is 16.0. The lowest BCUT2D eigenvalue weighted by atomic mass is 10.1. The zero-order chi connectivity index (χ0) is 17.2. The molecule has 0 aliphatic rings. The van der Waals surface area contributed by atoms with Gasteiger partial charge in [0.2, 0.25) is 0 Å². The minimum atomic E-state index is -0.0849. The Kier molecular flexibility index (Phi) is 4.37. The van der Waals surface area contributed by atoms with Crippen molar-refractivity contribution in [3.63, 3.8) is 0 Å². The van der Waals surface area contributed by atoms with Crippen molar-refractivity contribution < 1.29 is 0 Å². The van der Waals surface area contributed by atoms with Crippen LogP contribution in [0, 0.1) is 0 Å². The number of thioether (sulfide) groups is 1. The van der Waals surface area contributed by atoms with Crippen molar-refractivity contribution in [2.45, 2.75) is 17.3 Å². The monoisotopic (exact) mass is 369 g/mol. The standard InChI is InChI=1S/C17H15N5OS2/c1-22-14(9-11-5-3-2-4-6-11)20-21-17(22)25-10-13-18-12-7-8-24-15(12)16(23)19-13/h2-8H,9-10H2,1H3,(H,18,19,23). The first-order valence-corrected chi connectivity index (χ1v) is 9.58. The van der Waals surface area contributed by atoms with Crippen molar-refractivity contribution in [3.8, 4) is 0 Å². The summed E-state index contributed by atoms with van der Waals surface area (Å²) < 4.78 is 2.65. The Morgan fingerprint density at radius 1 is 1.20 bits per heavy atom. The summed E-state index contributed by atoms with van der Waals surface area (Å²) in [7, 11) is 1.96. The molecule has 0 atom stereocenters. The molecule has 4 rings (SSSR count). The molecular weight excluding hydrogens is 354 g/mol. The second-order valence-corrected chi connectivity index (χ2v) is 7.42. The highest BCUT2D eigenvalue weighted by Gasteiger charge is 2.11. The lowest BCUT2D eigenvalue weighted by Gasteiger charge is -2.04. The molecule has 0 aliphatic heterocycles. The lowest BCUT2D eigenvalue weighted by Crippen LogP contribution is -2.09. The topological polar surface area (TPSA) is 76.5 Å². The van der Waals surface area contributed by atoms with E-state index in [-0.39, 0.29) is 5.56 Å². The van der Waals surface area contributed by atoms with Crippen LogP contribution < -0.4 is 5.56 Å². The van der Waals surface area contributed by atoms with Crippen LogP contribution in [0.25, 0.3) is 10.2 Å². The third-order valence-electron chi connectivity index (χ3n) is 3.83. The third-order valence-corrected chi connectivity index (χ3v) is 5.77. The fourth-order valence-electron chi connectivity index (χ4n) is 2.53. The van der Waals surface area contributed by atoms with Gasteiger partial charge in [-0.3, -0.25) is 4.79 Å². The minimum absolute atomic E-state index is 0.0849. The van der Waals surface area contributed by atoms with E-state index in [1.165, 1.54) is 28.7 Å². The number of rotatable bonds is 5. The van der Waals surface area contributed by atoms with Crippen LogP contribution in [0.2, 0.25) is 0 Å². The number of hydrogen-bond donors (Lipinski definition) is 1. The first-order chi connectivity index (χ1) is 12.2. The number of nitrogens with one attached hydrogen (secondary N) is 1. The highest BCUT2D eigenvalue weighted by molar-refractivity contribution is 7.98. The summed E-state index contributed by atoms with van der Waals surface area (Å²) in [5.74, 6) is 2.09. The molecule has 0 saturated carbocycles. The Balaban J connectivity index is 1.50. The Morgan fingerprint density at radius 3 is 2.88 bits per heavy atom. The summed E-state index contributed by atoms with van der Waals surface area (Å²) in [5, 5.41) is 11.2. The molecule has 3 aromatic heterocycles. The van der Waals surface area contributed by atoms with Gasteiger partial charge in [0.05, 0.1) is 11.3 Å². The maximum atomic E-state index is 12.0. The second-order valence-electron chi connectivity index (χ2n) is 5.56. The maximum absolute atomic E-state index is 12.0. The fraction of sp³-hybridized carbons (Fsp3) is 0.176. The van der Waals surface area contributed by atoms with E-state index in [4.69, 9.17) is 0 Å². The average Bonchev–Trinajstić information content (AvgIpc) is 3.22. The molecule has 25 heavy (non-hydrogen) atoms. The Morgan fingerprint density at radius 2 is 2.04 bits per heavy atom. The number of fused-ring (bicyclic) bond motifs is 1. The lowest BCUT2D eigenvalue weighted by molar-refractivity contribution is 0.748. The van der Waals surface area contributed by atoms with Crippen LogP contribution in [-0.2, 0) is 19.2 Å². The molecule has 0 amide bonds. The molecule has 0 bridgehead atoms. The molecular formula is C17H15N5OS2.